The number of nitrogens with zero attached hydrogens (tertiary/aromatic N) is 4. The third-order valence-corrected chi connectivity index (χ3v) is 6.43. The second-order valence-electron chi connectivity index (χ2n) is 9.53. The number of rotatable bonds is 6. The molecule has 0 unspecified atom stereocenters. The molecule has 2 N–H and O–H groups in total. The number of hydrogen-bond acceptors (Lipinski definition) is 9. The molecule has 38 heavy (non-hydrogen) atoms. The number of methoxy groups -OCH3 is 1. The average Bonchev–Trinajstić information content (AvgIpc) is 3.37. The van der Waals surface area contributed by atoms with Gasteiger partial charge >= 0.3 is 6.09 Å². The SMILES string of the molecule is COc1cccc(C(=O)Nc2csc(C(=O)Nc3cnccc3N3CCN(C(=O)OC(C)(C)C)CC3)n2)c1. The first kappa shape index (κ1) is 26.9. The molecule has 200 valence electrons. The molecule has 1 saturated heterocycles. The van der Waals surface area contributed by atoms with Gasteiger partial charge in [-0.15, -0.1) is 11.3 Å². The van der Waals surface area contributed by atoms with Crippen molar-refractivity contribution in [1.29, 1.82) is 0 Å². The maximum atomic E-state index is 13.0. The van der Waals surface area contributed by atoms with Crippen LogP contribution in [0.25, 0.3) is 0 Å². The van der Waals surface area contributed by atoms with Gasteiger partial charge in [0.05, 0.1) is 24.7 Å². The molecule has 0 radical (unpaired) electrons. The number of hydrogen-bond donors (Lipinski definition) is 2. The largest absolute Gasteiger partial charge is 0.497 e. The minimum absolute atomic E-state index is 0.190. The number of carbonyl (C=O) groups excluding carboxylic acids is 3. The van der Waals surface area contributed by atoms with Crippen LogP contribution in [0.4, 0.5) is 22.0 Å². The molecule has 0 spiro atoms. The maximum absolute atomic E-state index is 13.0. The lowest BCUT2D eigenvalue weighted by atomic mass is 10.2. The summed E-state index contributed by atoms with van der Waals surface area (Å²) in [5, 5.41) is 7.37. The topological polar surface area (TPSA) is 126 Å². The van der Waals surface area contributed by atoms with Crippen molar-refractivity contribution in [3.8, 4) is 5.75 Å². The Bertz CT molecular complexity index is 1310. The highest BCUT2D eigenvalue weighted by Crippen LogP contribution is 2.27. The van der Waals surface area contributed by atoms with Gasteiger partial charge in [-0.1, -0.05) is 6.07 Å². The average molecular weight is 539 g/mol. The van der Waals surface area contributed by atoms with Crippen LogP contribution in [0, 0.1) is 0 Å². The van der Waals surface area contributed by atoms with Crippen LogP contribution < -0.4 is 20.3 Å². The van der Waals surface area contributed by atoms with E-state index in [-0.39, 0.29) is 22.8 Å². The van der Waals surface area contributed by atoms with Crippen molar-refractivity contribution in [2.24, 2.45) is 0 Å². The maximum Gasteiger partial charge on any atom is 0.410 e. The minimum Gasteiger partial charge on any atom is -0.497 e. The van der Waals surface area contributed by atoms with Crippen LogP contribution in [0.2, 0.25) is 0 Å². The van der Waals surface area contributed by atoms with Crippen LogP contribution in [0.5, 0.6) is 5.75 Å². The number of amides is 3. The first-order chi connectivity index (χ1) is 18.1. The molecule has 0 saturated carbocycles. The lowest BCUT2D eigenvalue weighted by Crippen LogP contribution is -2.50. The van der Waals surface area contributed by atoms with Crippen molar-refractivity contribution in [3.05, 3.63) is 58.7 Å². The molecule has 11 nitrogen and oxygen atoms in total. The summed E-state index contributed by atoms with van der Waals surface area (Å²) in [5.41, 5.74) is 1.18. The van der Waals surface area contributed by atoms with Gasteiger partial charge in [-0.05, 0) is 45.0 Å². The first-order valence-corrected chi connectivity index (χ1v) is 12.9. The highest BCUT2D eigenvalue weighted by Gasteiger charge is 2.27. The summed E-state index contributed by atoms with van der Waals surface area (Å²) in [6, 6.07) is 8.56. The Kier molecular flexibility index (Phi) is 8.10. The normalized spacial score (nSPS) is 13.6. The number of thiazole rings is 1. The molecule has 3 aromatic rings. The van der Waals surface area contributed by atoms with Crippen molar-refractivity contribution in [3.63, 3.8) is 0 Å². The van der Waals surface area contributed by atoms with Crippen LogP contribution in [0.3, 0.4) is 0 Å². The fourth-order valence-electron chi connectivity index (χ4n) is 3.78. The van der Waals surface area contributed by atoms with Gasteiger partial charge in [0.1, 0.15) is 17.2 Å². The van der Waals surface area contributed by atoms with Crippen molar-refractivity contribution in [1.82, 2.24) is 14.9 Å². The minimum atomic E-state index is -0.551. The molecular weight excluding hydrogens is 508 g/mol. The number of benzene rings is 1. The molecule has 3 amide bonds. The van der Waals surface area contributed by atoms with E-state index >= 15 is 0 Å². The van der Waals surface area contributed by atoms with Crippen LogP contribution in [-0.2, 0) is 4.74 Å². The Hall–Kier alpha value is -4.19. The molecule has 1 aliphatic rings. The quantitative estimate of drug-likeness (QED) is 0.480. The van der Waals surface area contributed by atoms with Crippen molar-refractivity contribution < 1.29 is 23.9 Å². The summed E-state index contributed by atoms with van der Waals surface area (Å²) in [4.78, 5) is 50.1. The molecule has 12 heteroatoms. The second kappa shape index (κ2) is 11.5. The zero-order valence-electron chi connectivity index (χ0n) is 21.7. The van der Waals surface area contributed by atoms with Crippen molar-refractivity contribution >= 4 is 46.4 Å². The van der Waals surface area contributed by atoms with E-state index in [2.05, 4.69) is 25.5 Å². The molecule has 1 aromatic carbocycles. The van der Waals surface area contributed by atoms with Crippen LogP contribution >= 0.6 is 11.3 Å². The highest BCUT2D eigenvalue weighted by atomic mass is 32.1. The van der Waals surface area contributed by atoms with Gasteiger partial charge in [0.15, 0.2) is 5.01 Å². The van der Waals surface area contributed by atoms with E-state index < -0.39 is 11.5 Å². The number of piperazine rings is 1. The molecule has 0 bridgehead atoms. The summed E-state index contributed by atoms with van der Waals surface area (Å²) in [6.07, 6.45) is 2.89. The van der Waals surface area contributed by atoms with E-state index in [1.165, 1.54) is 7.11 Å². The molecule has 1 fully saturated rings. The molecule has 0 atom stereocenters. The Morgan fingerprint density at radius 2 is 1.79 bits per heavy atom. The predicted molar refractivity (Wildman–Crippen MR) is 145 cm³/mol. The van der Waals surface area contributed by atoms with Gasteiger partial charge in [0.2, 0.25) is 0 Å². The lowest BCUT2D eigenvalue weighted by molar-refractivity contribution is 0.0240. The number of aromatic nitrogens is 2. The number of pyridine rings is 1. The van der Waals surface area contributed by atoms with Crippen molar-refractivity contribution in [2.75, 3.05) is 48.8 Å². The Morgan fingerprint density at radius 3 is 2.50 bits per heavy atom. The number of carbonyl (C=O) groups is 3. The first-order valence-electron chi connectivity index (χ1n) is 12.0. The van der Waals surface area contributed by atoms with Gasteiger partial charge in [-0.3, -0.25) is 14.6 Å². The number of ether oxygens (including phenoxy) is 2. The van der Waals surface area contributed by atoms with E-state index in [1.54, 1.807) is 46.9 Å². The monoisotopic (exact) mass is 538 g/mol. The standard InChI is InChI=1S/C26H30N6O5S/c1-26(2,3)37-25(35)32-12-10-31(11-13-32)20-8-9-27-15-19(20)28-23(34)24-30-21(16-38-24)29-22(33)17-6-5-7-18(14-17)36-4/h5-9,14-16H,10-13H2,1-4H3,(H,28,34)(H,29,33). The fourth-order valence-corrected chi connectivity index (χ4v) is 4.42. The van der Waals surface area contributed by atoms with Gasteiger partial charge in [0.25, 0.3) is 11.8 Å². The molecule has 4 rings (SSSR count). The Labute approximate surface area is 224 Å². The zero-order valence-corrected chi connectivity index (χ0v) is 22.5. The van der Waals surface area contributed by atoms with Crippen LogP contribution in [0.1, 0.15) is 40.9 Å². The molecule has 3 heterocycles. The Balaban J connectivity index is 1.38. The summed E-state index contributed by atoms with van der Waals surface area (Å²) in [6.45, 7) is 7.65. The molecular formula is C26H30N6O5S. The molecule has 0 aliphatic carbocycles. The van der Waals surface area contributed by atoms with Gasteiger partial charge < -0.3 is 29.9 Å². The number of nitrogens with one attached hydrogen (secondary N) is 2. The van der Waals surface area contributed by atoms with E-state index in [9.17, 15) is 14.4 Å². The summed E-state index contributed by atoms with van der Waals surface area (Å²) < 4.78 is 10.6. The fraction of sp³-hybridized carbons (Fsp3) is 0.346. The summed E-state index contributed by atoms with van der Waals surface area (Å²) >= 11 is 1.12. The number of anilines is 3. The van der Waals surface area contributed by atoms with E-state index in [0.717, 1.165) is 17.0 Å². The van der Waals surface area contributed by atoms with E-state index in [0.29, 0.717) is 43.2 Å². The third-order valence-electron chi connectivity index (χ3n) is 5.59. The van der Waals surface area contributed by atoms with Crippen molar-refractivity contribution in [2.45, 2.75) is 26.4 Å². The third kappa shape index (κ3) is 6.76. The van der Waals surface area contributed by atoms with Gasteiger partial charge in [0, 0.05) is 43.3 Å². The summed E-state index contributed by atoms with van der Waals surface area (Å²) in [5.74, 6) is 0.0620. The van der Waals surface area contributed by atoms with E-state index in [4.69, 9.17) is 9.47 Å². The second-order valence-corrected chi connectivity index (χ2v) is 10.4. The molecule has 1 aliphatic heterocycles. The van der Waals surface area contributed by atoms with Gasteiger partial charge in [-0.2, -0.15) is 0 Å². The van der Waals surface area contributed by atoms with Crippen LogP contribution in [-0.4, -0.2) is 71.7 Å². The Morgan fingerprint density at radius 1 is 1.03 bits per heavy atom. The zero-order chi connectivity index (χ0) is 27.3. The van der Waals surface area contributed by atoms with Gasteiger partial charge in [-0.25, -0.2) is 9.78 Å². The highest BCUT2D eigenvalue weighted by molar-refractivity contribution is 7.12. The smallest absolute Gasteiger partial charge is 0.410 e. The lowest BCUT2D eigenvalue weighted by Gasteiger charge is -2.37. The predicted octanol–water partition coefficient (Wildman–Crippen LogP) is 4.11. The van der Waals surface area contributed by atoms with Crippen LogP contribution in [0.15, 0.2) is 48.1 Å². The molecule has 2 aromatic heterocycles. The summed E-state index contributed by atoms with van der Waals surface area (Å²) in [7, 11) is 1.53. The van der Waals surface area contributed by atoms with E-state index in [1.807, 2.05) is 26.8 Å².